The molecule has 1 N–H and O–H groups in total. The SMILES string of the molecule is CCN(CC)[C@@H]1CN(C(=O)OC(C)(C)C)C[C@H]1O. The number of likely N-dealkylation sites (N-methyl/N-ethyl adjacent to an activating group) is 1. The van der Waals surface area contributed by atoms with Crippen molar-refractivity contribution in [3.05, 3.63) is 0 Å². The molecule has 0 aliphatic carbocycles. The van der Waals surface area contributed by atoms with Gasteiger partial charge >= 0.3 is 6.09 Å². The monoisotopic (exact) mass is 258 g/mol. The van der Waals surface area contributed by atoms with Crippen LogP contribution in [0.2, 0.25) is 0 Å². The van der Waals surface area contributed by atoms with Crippen molar-refractivity contribution in [2.45, 2.75) is 52.4 Å². The van der Waals surface area contributed by atoms with E-state index in [1.807, 2.05) is 20.8 Å². The van der Waals surface area contributed by atoms with Gasteiger partial charge in [-0.25, -0.2) is 4.79 Å². The number of rotatable bonds is 3. The molecule has 1 amide bonds. The molecule has 5 heteroatoms. The maximum Gasteiger partial charge on any atom is 0.410 e. The zero-order valence-electron chi connectivity index (χ0n) is 12.1. The van der Waals surface area contributed by atoms with E-state index in [-0.39, 0.29) is 12.1 Å². The Kier molecular flexibility index (Phi) is 4.99. The summed E-state index contributed by atoms with van der Waals surface area (Å²) < 4.78 is 5.32. The molecule has 0 radical (unpaired) electrons. The van der Waals surface area contributed by atoms with E-state index < -0.39 is 11.7 Å². The molecular weight excluding hydrogens is 232 g/mol. The molecule has 0 aromatic rings. The second kappa shape index (κ2) is 5.89. The summed E-state index contributed by atoms with van der Waals surface area (Å²) in [7, 11) is 0. The highest BCUT2D eigenvalue weighted by Crippen LogP contribution is 2.19. The lowest BCUT2D eigenvalue weighted by Gasteiger charge is -2.28. The quantitative estimate of drug-likeness (QED) is 0.829. The third-order valence-electron chi connectivity index (χ3n) is 3.19. The second-order valence-corrected chi connectivity index (χ2v) is 5.74. The van der Waals surface area contributed by atoms with Crippen molar-refractivity contribution in [2.75, 3.05) is 26.2 Å². The predicted octanol–water partition coefficient (Wildman–Crippen LogP) is 1.31. The Labute approximate surface area is 110 Å². The molecule has 0 aromatic carbocycles. The molecule has 106 valence electrons. The van der Waals surface area contributed by atoms with Crippen molar-refractivity contribution in [3.8, 4) is 0 Å². The molecule has 0 spiro atoms. The standard InChI is InChI=1S/C13H26N2O3/c1-6-14(7-2)10-8-15(9-11(10)16)12(17)18-13(3,4)5/h10-11,16H,6-9H2,1-5H3/t10-,11-/m1/s1. The van der Waals surface area contributed by atoms with Gasteiger partial charge in [0.05, 0.1) is 18.7 Å². The van der Waals surface area contributed by atoms with E-state index in [1.165, 1.54) is 0 Å². The van der Waals surface area contributed by atoms with E-state index >= 15 is 0 Å². The van der Waals surface area contributed by atoms with Gasteiger partial charge in [-0.05, 0) is 33.9 Å². The van der Waals surface area contributed by atoms with Crippen molar-refractivity contribution >= 4 is 6.09 Å². The molecule has 1 aliphatic heterocycles. The molecule has 0 aromatic heterocycles. The molecule has 1 saturated heterocycles. The number of β-amino-alcohol motifs (C(OH)–C–C–N with tert-alkyl or cyclic N) is 1. The summed E-state index contributed by atoms with van der Waals surface area (Å²) in [4.78, 5) is 15.7. The Balaban J connectivity index is 2.60. The molecule has 1 heterocycles. The van der Waals surface area contributed by atoms with E-state index in [4.69, 9.17) is 4.74 Å². The van der Waals surface area contributed by atoms with Crippen molar-refractivity contribution in [3.63, 3.8) is 0 Å². The fraction of sp³-hybridized carbons (Fsp3) is 0.923. The number of amides is 1. The first-order valence-electron chi connectivity index (χ1n) is 6.68. The number of carbonyl (C=O) groups excluding carboxylic acids is 1. The first kappa shape index (κ1) is 15.2. The Bertz CT molecular complexity index is 284. The zero-order chi connectivity index (χ0) is 13.9. The number of likely N-dealkylation sites (tertiary alicyclic amines) is 1. The number of aliphatic hydroxyl groups is 1. The van der Waals surface area contributed by atoms with Crippen molar-refractivity contribution < 1.29 is 14.6 Å². The van der Waals surface area contributed by atoms with Gasteiger partial charge in [-0.15, -0.1) is 0 Å². The average Bonchev–Trinajstić information content (AvgIpc) is 2.61. The highest BCUT2D eigenvalue weighted by Gasteiger charge is 2.38. The first-order valence-corrected chi connectivity index (χ1v) is 6.68. The largest absolute Gasteiger partial charge is 0.444 e. The Hall–Kier alpha value is -0.810. The molecule has 1 fully saturated rings. The van der Waals surface area contributed by atoms with Crippen LogP contribution in [0.25, 0.3) is 0 Å². The molecule has 5 nitrogen and oxygen atoms in total. The minimum absolute atomic E-state index is 0.0209. The fourth-order valence-corrected chi connectivity index (χ4v) is 2.30. The molecule has 0 saturated carbocycles. The van der Waals surface area contributed by atoms with Crippen LogP contribution in [0.3, 0.4) is 0 Å². The molecule has 18 heavy (non-hydrogen) atoms. The molecule has 1 rings (SSSR count). The average molecular weight is 258 g/mol. The van der Waals surface area contributed by atoms with E-state index in [0.717, 1.165) is 13.1 Å². The van der Waals surface area contributed by atoms with Crippen LogP contribution in [-0.4, -0.2) is 64.9 Å². The predicted molar refractivity (Wildman–Crippen MR) is 70.5 cm³/mol. The summed E-state index contributed by atoms with van der Waals surface area (Å²) in [5.41, 5.74) is -0.491. The normalized spacial score (nSPS) is 24.7. The number of nitrogens with zero attached hydrogens (tertiary/aromatic N) is 2. The van der Waals surface area contributed by atoms with Crippen LogP contribution in [0.1, 0.15) is 34.6 Å². The zero-order valence-corrected chi connectivity index (χ0v) is 12.1. The van der Waals surface area contributed by atoms with E-state index in [0.29, 0.717) is 13.1 Å². The van der Waals surface area contributed by atoms with Gasteiger partial charge in [-0.2, -0.15) is 0 Å². The van der Waals surface area contributed by atoms with Gasteiger partial charge < -0.3 is 14.7 Å². The topological polar surface area (TPSA) is 53.0 Å². The minimum atomic E-state index is -0.491. The van der Waals surface area contributed by atoms with Crippen LogP contribution in [0.5, 0.6) is 0 Å². The van der Waals surface area contributed by atoms with Crippen LogP contribution < -0.4 is 0 Å². The minimum Gasteiger partial charge on any atom is -0.444 e. The van der Waals surface area contributed by atoms with Gasteiger partial charge in [-0.3, -0.25) is 4.90 Å². The summed E-state index contributed by atoms with van der Waals surface area (Å²) in [5, 5.41) is 10.0. The number of ether oxygens (including phenoxy) is 1. The summed E-state index contributed by atoms with van der Waals surface area (Å²) in [6.07, 6.45) is -0.825. The summed E-state index contributed by atoms with van der Waals surface area (Å²) >= 11 is 0. The Morgan fingerprint density at radius 1 is 1.33 bits per heavy atom. The van der Waals surface area contributed by atoms with Gasteiger partial charge in [-0.1, -0.05) is 13.8 Å². The fourth-order valence-electron chi connectivity index (χ4n) is 2.30. The maximum atomic E-state index is 11.9. The number of hydrogen-bond acceptors (Lipinski definition) is 4. The van der Waals surface area contributed by atoms with Gasteiger partial charge in [0, 0.05) is 6.54 Å². The lowest BCUT2D eigenvalue weighted by atomic mass is 10.2. The summed E-state index contributed by atoms with van der Waals surface area (Å²) in [6, 6.07) is 0.0209. The van der Waals surface area contributed by atoms with Crippen molar-refractivity contribution in [2.24, 2.45) is 0 Å². The number of carbonyl (C=O) groups is 1. The second-order valence-electron chi connectivity index (χ2n) is 5.74. The Morgan fingerprint density at radius 2 is 1.89 bits per heavy atom. The first-order chi connectivity index (χ1) is 8.28. The summed E-state index contributed by atoms with van der Waals surface area (Å²) in [6.45, 7) is 12.3. The van der Waals surface area contributed by atoms with Gasteiger partial charge in [0.2, 0.25) is 0 Å². The van der Waals surface area contributed by atoms with E-state index in [1.54, 1.807) is 4.90 Å². The van der Waals surface area contributed by atoms with Gasteiger partial charge in [0.1, 0.15) is 5.60 Å². The van der Waals surface area contributed by atoms with Crippen molar-refractivity contribution in [1.29, 1.82) is 0 Å². The molecule has 0 bridgehead atoms. The van der Waals surface area contributed by atoms with Crippen LogP contribution >= 0.6 is 0 Å². The lowest BCUT2D eigenvalue weighted by molar-refractivity contribution is 0.0269. The highest BCUT2D eigenvalue weighted by atomic mass is 16.6. The van der Waals surface area contributed by atoms with Crippen LogP contribution in [0.15, 0.2) is 0 Å². The van der Waals surface area contributed by atoms with E-state index in [9.17, 15) is 9.90 Å². The maximum absolute atomic E-state index is 11.9. The Morgan fingerprint density at radius 3 is 2.33 bits per heavy atom. The number of hydrogen-bond donors (Lipinski definition) is 1. The smallest absolute Gasteiger partial charge is 0.410 e. The van der Waals surface area contributed by atoms with Crippen molar-refractivity contribution in [1.82, 2.24) is 9.80 Å². The van der Waals surface area contributed by atoms with Crippen LogP contribution in [0.4, 0.5) is 4.79 Å². The molecular formula is C13H26N2O3. The molecule has 1 aliphatic rings. The van der Waals surface area contributed by atoms with Gasteiger partial charge in [0.15, 0.2) is 0 Å². The van der Waals surface area contributed by atoms with Gasteiger partial charge in [0.25, 0.3) is 0 Å². The number of aliphatic hydroxyl groups excluding tert-OH is 1. The summed E-state index contributed by atoms with van der Waals surface area (Å²) in [5.74, 6) is 0. The third kappa shape index (κ3) is 3.85. The highest BCUT2D eigenvalue weighted by molar-refractivity contribution is 5.68. The third-order valence-corrected chi connectivity index (χ3v) is 3.19. The lowest BCUT2D eigenvalue weighted by Crippen LogP contribution is -2.43. The van der Waals surface area contributed by atoms with E-state index in [2.05, 4.69) is 18.7 Å². The van der Waals surface area contributed by atoms with Crippen LogP contribution in [0, 0.1) is 0 Å². The van der Waals surface area contributed by atoms with Crippen LogP contribution in [-0.2, 0) is 4.74 Å². The molecule has 2 atom stereocenters. The molecule has 0 unspecified atom stereocenters.